The van der Waals surface area contributed by atoms with Crippen LogP contribution in [0, 0.1) is 22.7 Å². The number of nitriles is 2. The van der Waals surface area contributed by atoms with E-state index in [1.54, 1.807) is 12.1 Å². The van der Waals surface area contributed by atoms with Crippen molar-refractivity contribution in [1.82, 2.24) is 0 Å². The fraction of sp³-hybridized carbons (Fsp3) is 0.353. The van der Waals surface area contributed by atoms with E-state index in [1.807, 2.05) is 21.3 Å². The van der Waals surface area contributed by atoms with Gasteiger partial charge in [-0.1, -0.05) is 23.2 Å². The van der Waals surface area contributed by atoms with Crippen molar-refractivity contribution in [3.05, 3.63) is 45.4 Å². The van der Waals surface area contributed by atoms with Gasteiger partial charge in [-0.2, -0.15) is 10.5 Å². The number of hydrogen-bond donors (Lipinski definition) is 20. The van der Waals surface area contributed by atoms with Crippen molar-refractivity contribution in [2.24, 2.45) is 17.2 Å². The number of halogens is 2. The number of hydrogen-bond acceptors (Lipinski definition) is 22. The van der Waals surface area contributed by atoms with Gasteiger partial charge in [0.05, 0.1) is 132 Å². The number of anilines is 4. The third-order valence-corrected chi connectivity index (χ3v) is 7.82. The highest BCUT2D eigenvalue weighted by Gasteiger charge is 2.24. The molecule has 66 heavy (non-hydrogen) atoms. The highest BCUT2D eigenvalue weighted by Crippen LogP contribution is 2.33. The third-order valence-electron chi connectivity index (χ3n) is 7.01. The molecule has 0 saturated carbocycles. The van der Waals surface area contributed by atoms with Gasteiger partial charge in [0.1, 0.15) is 0 Å². The number of carbonyl (C=O) groups excluding carboxylic acids is 4. The number of benzene rings is 2. The number of nitrogens with zero attached hydrogens (tertiary/aromatic N) is 2. The molecule has 0 fully saturated rings. The number of aliphatic hydroxyl groups is 9. The van der Waals surface area contributed by atoms with Crippen LogP contribution < -0.4 is 38.5 Å². The first-order chi connectivity index (χ1) is 30.6. The Labute approximate surface area is 380 Å². The van der Waals surface area contributed by atoms with Crippen LogP contribution in [-0.4, -0.2) is 190 Å². The molecular formula is C34H45Cl2N9O21. The van der Waals surface area contributed by atoms with Gasteiger partial charge in [-0.3, -0.25) is 19.2 Å². The van der Waals surface area contributed by atoms with Crippen molar-refractivity contribution >= 4 is 93.5 Å². The van der Waals surface area contributed by atoms with E-state index in [0.29, 0.717) is 0 Å². The Kier molecular flexibility index (Phi) is 30.1. The predicted octanol–water partition coefficient (Wildman–Crippen LogP) is -6.50. The molecule has 0 atom stereocenters. The summed E-state index contributed by atoms with van der Waals surface area (Å²) in [6.07, 6.45) is 0. The van der Waals surface area contributed by atoms with E-state index in [-0.39, 0.29) is 43.9 Å². The first kappa shape index (κ1) is 63.6. The van der Waals surface area contributed by atoms with Crippen molar-refractivity contribution in [2.45, 2.75) is 16.6 Å². The van der Waals surface area contributed by atoms with E-state index in [9.17, 15) is 38.4 Å². The van der Waals surface area contributed by atoms with Gasteiger partial charge in [0.15, 0.2) is 0 Å². The number of carboxylic acids is 4. The Morgan fingerprint density at radius 2 is 0.576 bits per heavy atom. The molecule has 2 rings (SSSR count). The molecule has 366 valence electrons. The van der Waals surface area contributed by atoms with E-state index < -0.39 is 124 Å². The topological polar surface area (TPSA) is 573 Å². The maximum Gasteiger partial charge on any atom is 0.394 e. The van der Waals surface area contributed by atoms with E-state index >= 15 is 0 Å². The quantitative estimate of drug-likeness (QED) is 0.0830. The van der Waals surface area contributed by atoms with Crippen LogP contribution in [0.1, 0.15) is 11.1 Å². The largest absolute Gasteiger partial charge is 0.474 e. The number of nitrogens with two attached hydrogens (primary N) is 3. The molecule has 0 spiro atoms. The predicted molar refractivity (Wildman–Crippen MR) is 222 cm³/mol. The normalized spacial score (nSPS) is 10.3. The third kappa shape index (κ3) is 23.3. The lowest BCUT2D eigenvalue weighted by Gasteiger charge is -2.20. The second-order valence-corrected chi connectivity index (χ2v) is 13.3. The van der Waals surface area contributed by atoms with Crippen molar-refractivity contribution < 1.29 is 105 Å². The Morgan fingerprint density at radius 1 is 0.424 bits per heavy atom. The van der Waals surface area contributed by atoms with E-state index in [0.717, 1.165) is 24.3 Å². The molecule has 32 heteroatoms. The zero-order valence-corrected chi connectivity index (χ0v) is 35.1. The van der Waals surface area contributed by atoms with Gasteiger partial charge in [-0.25, -0.2) is 19.2 Å². The summed E-state index contributed by atoms with van der Waals surface area (Å²) in [4.78, 5) is 86.1. The molecule has 0 unspecified atom stereocenters. The molecule has 2 aromatic carbocycles. The zero-order valence-electron chi connectivity index (χ0n) is 33.6. The summed E-state index contributed by atoms with van der Waals surface area (Å²) in [6.45, 7) is -3.62. The molecule has 0 bridgehead atoms. The van der Waals surface area contributed by atoms with Gasteiger partial charge in [0.2, 0.25) is 0 Å². The van der Waals surface area contributed by atoms with Crippen LogP contribution in [0.4, 0.5) is 22.7 Å². The maximum atomic E-state index is 11.1. The molecule has 23 N–H and O–H groups in total. The molecule has 0 aliphatic heterocycles. The highest BCUT2D eigenvalue weighted by atomic mass is 35.5. The molecule has 0 radical (unpaired) electrons. The molecule has 4 amide bonds. The van der Waals surface area contributed by atoms with Crippen LogP contribution in [0.5, 0.6) is 0 Å². The van der Waals surface area contributed by atoms with Crippen LogP contribution in [0.15, 0.2) is 24.3 Å². The molecular weight excluding hydrogens is 941 g/mol. The summed E-state index contributed by atoms with van der Waals surface area (Å²) < 4.78 is 0. The van der Waals surface area contributed by atoms with Crippen molar-refractivity contribution in [3.8, 4) is 12.1 Å². The number of aliphatic carboxylic acids is 4. The minimum absolute atomic E-state index is 0.0826. The lowest BCUT2D eigenvalue weighted by atomic mass is 10.1. The highest BCUT2D eigenvalue weighted by molar-refractivity contribution is 6.43. The molecule has 0 aromatic heterocycles. The second-order valence-electron chi connectivity index (χ2n) is 12.5. The van der Waals surface area contributed by atoms with Crippen LogP contribution in [0.2, 0.25) is 10.0 Å². The number of nitrogens with one attached hydrogen (secondary N) is 4. The Hall–Kier alpha value is -6.72. The van der Waals surface area contributed by atoms with Crippen molar-refractivity contribution in [1.29, 1.82) is 10.5 Å². The second kappa shape index (κ2) is 31.2. The molecule has 0 saturated heterocycles. The first-order valence-electron chi connectivity index (χ1n) is 17.1. The van der Waals surface area contributed by atoms with Crippen molar-refractivity contribution in [2.75, 3.05) is 80.7 Å². The minimum atomic E-state index is -1.79. The Balaban J connectivity index is -0.000000816. The summed E-state index contributed by atoms with van der Waals surface area (Å²) in [5.41, 5.74) is 10.6. The molecule has 0 aliphatic rings. The monoisotopic (exact) mass is 985 g/mol. The fourth-order valence-corrected chi connectivity index (χ4v) is 3.30. The number of carbonyl (C=O) groups is 8. The van der Waals surface area contributed by atoms with Crippen LogP contribution in [-0.2, 0) is 38.4 Å². The SMILES string of the molecule is N#Cc1cc(NC(=O)C(=O)O)c(Cl)c(NC(=O)C(=O)O)c1.N#Cc1cc(NC(=O)C(=O)O)c(Cl)c(NC(=O)C(=O)O)c1.NC(CO)(CO)CO.NC(CO)(CO)CO.NC(CO)(CO)CO. The first-order valence-corrected chi connectivity index (χ1v) is 17.8. The summed E-state index contributed by atoms with van der Waals surface area (Å²) in [6, 6.07) is 7.64. The van der Waals surface area contributed by atoms with Crippen LogP contribution in [0.25, 0.3) is 0 Å². The van der Waals surface area contributed by atoms with Gasteiger partial charge in [-0.15, -0.1) is 0 Å². The maximum absolute atomic E-state index is 11.1. The smallest absolute Gasteiger partial charge is 0.394 e. The summed E-state index contributed by atoms with van der Waals surface area (Å²) >= 11 is 11.6. The molecule has 0 heterocycles. The van der Waals surface area contributed by atoms with Gasteiger partial charge in [0, 0.05) is 0 Å². The van der Waals surface area contributed by atoms with E-state index in [4.69, 9.17) is 117 Å². The average molecular weight is 987 g/mol. The van der Waals surface area contributed by atoms with Gasteiger partial charge < -0.3 is 105 Å². The fourth-order valence-electron chi connectivity index (χ4n) is 2.90. The Morgan fingerprint density at radius 3 is 0.667 bits per heavy atom. The van der Waals surface area contributed by atoms with Gasteiger partial charge >= 0.3 is 47.5 Å². The van der Waals surface area contributed by atoms with Crippen LogP contribution >= 0.6 is 23.2 Å². The number of rotatable bonds is 13. The molecule has 0 aliphatic carbocycles. The Bertz CT molecular complexity index is 1820. The lowest BCUT2D eigenvalue weighted by molar-refractivity contribution is -0.147. The summed E-state index contributed by atoms with van der Waals surface area (Å²) in [5.74, 6) is -12.8. The summed E-state index contributed by atoms with van der Waals surface area (Å²) in [5, 5.41) is 134. The summed E-state index contributed by atoms with van der Waals surface area (Å²) in [7, 11) is 0. The van der Waals surface area contributed by atoms with Gasteiger partial charge in [-0.05, 0) is 24.3 Å². The standard InChI is InChI=1S/2C11H6ClN3O6.3C4H11NO3/c2*12-7-5(14-8(16)10(18)19)1-4(3-13)2-6(7)15-9(17)11(20)21;3*5-4(1-6,2-7)3-8/h2*1-2H,(H,14,16)(H,15,17)(H,18,19)(H,20,21);3*6-8H,1-3,5H2. The van der Waals surface area contributed by atoms with Crippen molar-refractivity contribution in [3.63, 3.8) is 0 Å². The number of aliphatic hydroxyl groups excluding tert-OH is 9. The van der Waals surface area contributed by atoms with E-state index in [2.05, 4.69) is 0 Å². The van der Waals surface area contributed by atoms with Crippen LogP contribution in [0.3, 0.4) is 0 Å². The van der Waals surface area contributed by atoms with Gasteiger partial charge in [0.25, 0.3) is 0 Å². The minimum Gasteiger partial charge on any atom is -0.474 e. The molecule has 30 nitrogen and oxygen atoms in total. The average Bonchev–Trinajstić information content (AvgIpc) is 3.30. The van der Waals surface area contributed by atoms with E-state index in [1.165, 1.54) is 0 Å². The number of amides is 4. The lowest BCUT2D eigenvalue weighted by Crippen LogP contribution is -2.50. The molecule has 2 aromatic rings. The number of carboxylic acid groups (broad SMARTS) is 4. The zero-order chi connectivity index (χ0) is 52.2.